The van der Waals surface area contributed by atoms with Crippen LogP contribution in [0.3, 0.4) is 0 Å². The molecule has 0 spiro atoms. The Hall–Kier alpha value is -2.16. The highest BCUT2D eigenvalue weighted by molar-refractivity contribution is 7.71. The molecule has 0 saturated heterocycles. The van der Waals surface area contributed by atoms with Crippen LogP contribution >= 0.6 is 12.2 Å². The van der Waals surface area contributed by atoms with E-state index in [4.69, 9.17) is 12.2 Å². The molecule has 0 atom stereocenters. The maximum absolute atomic E-state index is 11.6. The topological polar surface area (TPSA) is 99.8 Å². The monoisotopic (exact) mass is 288 g/mol. The SMILES string of the molecule is COC(=O)Cn1c(O)cc(=O)n(CC(=O)OC)c1=S. The number of rotatable bonds is 4. The zero-order chi connectivity index (χ0) is 14.6. The van der Waals surface area contributed by atoms with E-state index >= 15 is 0 Å². The van der Waals surface area contributed by atoms with E-state index in [-0.39, 0.29) is 11.3 Å². The normalized spacial score (nSPS) is 10.0. The average molecular weight is 288 g/mol. The fraction of sp³-hybridized carbons (Fsp3) is 0.400. The molecule has 0 aliphatic heterocycles. The van der Waals surface area contributed by atoms with E-state index in [1.165, 1.54) is 14.2 Å². The summed E-state index contributed by atoms with van der Waals surface area (Å²) in [7, 11) is 2.34. The summed E-state index contributed by atoms with van der Waals surface area (Å²) in [6.45, 7) is -0.780. The van der Waals surface area contributed by atoms with Gasteiger partial charge in [-0.05, 0) is 12.2 Å². The molecule has 9 heteroatoms. The van der Waals surface area contributed by atoms with Crippen molar-refractivity contribution in [2.75, 3.05) is 14.2 Å². The number of hydrogen-bond donors (Lipinski definition) is 1. The van der Waals surface area contributed by atoms with Gasteiger partial charge in [0.1, 0.15) is 13.1 Å². The molecular formula is C10H12N2O6S. The lowest BCUT2D eigenvalue weighted by molar-refractivity contribution is -0.141. The fourth-order valence-electron chi connectivity index (χ4n) is 1.29. The first-order chi connectivity index (χ1) is 8.90. The van der Waals surface area contributed by atoms with Crippen LogP contribution in [0, 0.1) is 4.77 Å². The zero-order valence-electron chi connectivity index (χ0n) is 10.3. The summed E-state index contributed by atoms with van der Waals surface area (Å²) in [4.78, 5) is 34.0. The molecule has 0 fully saturated rings. The highest BCUT2D eigenvalue weighted by atomic mass is 32.1. The van der Waals surface area contributed by atoms with E-state index in [2.05, 4.69) is 9.47 Å². The minimum Gasteiger partial charge on any atom is -0.494 e. The summed E-state index contributed by atoms with van der Waals surface area (Å²) in [5, 5.41) is 9.59. The van der Waals surface area contributed by atoms with E-state index in [0.717, 1.165) is 15.2 Å². The first-order valence-electron chi connectivity index (χ1n) is 5.08. The Morgan fingerprint density at radius 1 is 1.21 bits per heavy atom. The first-order valence-corrected chi connectivity index (χ1v) is 5.48. The number of carbonyl (C=O) groups excluding carboxylic acids is 2. The summed E-state index contributed by atoms with van der Waals surface area (Å²) in [6, 6.07) is 0.849. The van der Waals surface area contributed by atoms with E-state index < -0.39 is 29.9 Å². The lowest BCUT2D eigenvalue weighted by Crippen LogP contribution is -2.29. The summed E-state index contributed by atoms with van der Waals surface area (Å²) in [5.41, 5.74) is -0.672. The van der Waals surface area contributed by atoms with Crippen molar-refractivity contribution in [3.63, 3.8) is 0 Å². The highest BCUT2D eigenvalue weighted by Crippen LogP contribution is 2.07. The van der Waals surface area contributed by atoms with Crippen molar-refractivity contribution in [2.24, 2.45) is 0 Å². The van der Waals surface area contributed by atoms with Gasteiger partial charge in [-0.1, -0.05) is 0 Å². The molecule has 1 rings (SSSR count). The number of nitrogens with zero attached hydrogens (tertiary/aromatic N) is 2. The number of esters is 2. The molecule has 19 heavy (non-hydrogen) atoms. The van der Waals surface area contributed by atoms with Crippen molar-refractivity contribution in [3.8, 4) is 5.88 Å². The number of aromatic nitrogens is 2. The van der Waals surface area contributed by atoms with Gasteiger partial charge in [0.2, 0.25) is 0 Å². The van der Waals surface area contributed by atoms with Crippen LogP contribution in [0.4, 0.5) is 0 Å². The van der Waals surface area contributed by atoms with E-state index in [1.54, 1.807) is 0 Å². The molecule has 0 radical (unpaired) electrons. The predicted octanol–water partition coefficient (Wildman–Crippen LogP) is -0.569. The predicted molar refractivity (Wildman–Crippen MR) is 65.2 cm³/mol. The van der Waals surface area contributed by atoms with Crippen molar-refractivity contribution < 1.29 is 24.2 Å². The smallest absolute Gasteiger partial charge is 0.325 e. The number of aromatic hydroxyl groups is 1. The number of carbonyl (C=O) groups is 2. The van der Waals surface area contributed by atoms with Crippen LogP contribution in [-0.4, -0.2) is 40.4 Å². The molecule has 0 saturated carbocycles. The highest BCUT2D eigenvalue weighted by Gasteiger charge is 2.13. The Morgan fingerprint density at radius 3 is 2.16 bits per heavy atom. The van der Waals surface area contributed by atoms with Crippen LogP contribution in [0.2, 0.25) is 0 Å². The minimum absolute atomic E-state index is 0.180. The molecule has 0 aromatic carbocycles. The molecule has 0 bridgehead atoms. The van der Waals surface area contributed by atoms with Crippen LogP contribution in [-0.2, 0) is 32.2 Å². The van der Waals surface area contributed by atoms with Gasteiger partial charge in [0.25, 0.3) is 5.56 Å². The Bertz CT molecular complexity index is 617. The Balaban J connectivity index is 3.30. The summed E-state index contributed by atoms with van der Waals surface area (Å²) < 4.78 is 10.6. The standard InChI is InChI=1S/C10H12N2O6S/c1-17-8(15)4-11-6(13)3-7(14)12(10(11)19)5-9(16)18-2/h3,13H,4-5H2,1-2H3. The minimum atomic E-state index is -0.677. The second kappa shape index (κ2) is 6.14. The van der Waals surface area contributed by atoms with Gasteiger partial charge < -0.3 is 14.6 Å². The van der Waals surface area contributed by atoms with Crippen LogP contribution in [0.25, 0.3) is 0 Å². The molecule has 0 amide bonds. The molecule has 8 nitrogen and oxygen atoms in total. The third kappa shape index (κ3) is 3.41. The molecule has 0 aliphatic carbocycles. The third-order valence-corrected chi connectivity index (χ3v) is 2.73. The van der Waals surface area contributed by atoms with Gasteiger partial charge in [-0.25, -0.2) is 0 Å². The molecule has 1 aromatic heterocycles. The van der Waals surface area contributed by atoms with Crippen molar-refractivity contribution in [2.45, 2.75) is 13.1 Å². The molecular weight excluding hydrogens is 276 g/mol. The van der Waals surface area contributed by atoms with Crippen molar-refractivity contribution >= 4 is 24.2 Å². The quantitative estimate of drug-likeness (QED) is 0.585. The van der Waals surface area contributed by atoms with Crippen molar-refractivity contribution in [3.05, 3.63) is 21.2 Å². The number of methoxy groups -OCH3 is 2. The Morgan fingerprint density at radius 2 is 1.68 bits per heavy atom. The second-order valence-electron chi connectivity index (χ2n) is 3.45. The molecule has 1 heterocycles. The number of hydrogen-bond acceptors (Lipinski definition) is 7. The molecule has 104 valence electrons. The molecule has 1 aromatic rings. The van der Waals surface area contributed by atoms with Gasteiger partial charge >= 0.3 is 11.9 Å². The zero-order valence-corrected chi connectivity index (χ0v) is 11.1. The van der Waals surface area contributed by atoms with Crippen molar-refractivity contribution in [1.82, 2.24) is 9.13 Å². The van der Waals surface area contributed by atoms with Crippen LogP contribution in [0.1, 0.15) is 0 Å². The average Bonchev–Trinajstić information content (AvgIpc) is 2.38. The van der Waals surface area contributed by atoms with Crippen LogP contribution < -0.4 is 5.56 Å². The molecule has 1 N–H and O–H groups in total. The van der Waals surface area contributed by atoms with Crippen molar-refractivity contribution in [1.29, 1.82) is 0 Å². The first kappa shape index (κ1) is 14.9. The van der Waals surface area contributed by atoms with Crippen LogP contribution in [0.5, 0.6) is 5.88 Å². The van der Waals surface area contributed by atoms with Gasteiger partial charge in [-0.3, -0.25) is 23.5 Å². The fourth-order valence-corrected chi connectivity index (χ4v) is 1.60. The van der Waals surface area contributed by atoms with E-state index in [9.17, 15) is 19.5 Å². The van der Waals surface area contributed by atoms with Crippen LogP contribution in [0.15, 0.2) is 10.9 Å². The second-order valence-corrected chi connectivity index (χ2v) is 3.81. The maximum Gasteiger partial charge on any atom is 0.325 e. The van der Waals surface area contributed by atoms with E-state index in [0.29, 0.717) is 0 Å². The van der Waals surface area contributed by atoms with E-state index in [1.807, 2.05) is 0 Å². The van der Waals surface area contributed by atoms with Gasteiger partial charge in [-0.15, -0.1) is 0 Å². The summed E-state index contributed by atoms with van der Waals surface area (Å²) >= 11 is 4.95. The molecule has 0 unspecified atom stereocenters. The number of ether oxygens (including phenoxy) is 2. The maximum atomic E-state index is 11.6. The van der Waals surface area contributed by atoms with Gasteiger partial charge in [0.05, 0.1) is 20.3 Å². The third-order valence-electron chi connectivity index (χ3n) is 2.29. The molecule has 0 aliphatic rings. The lowest BCUT2D eigenvalue weighted by atomic mass is 10.5. The lowest BCUT2D eigenvalue weighted by Gasteiger charge is -2.12. The Labute approximate surface area is 112 Å². The van der Waals surface area contributed by atoms with Gasteiger partial charge in [0.15, 0.2) is 10.7 Å². The van der Waals surface area contributed by atoms with Gasteiger partial charge in [0, 0.05) is 0 Å². The summed E-state index contributed by atoms with van der Waals surface area (Å²) in [5.74, 6) is -1.82. The summed E-state index contributed by atoms with van der Waals surface area (Å²) in [6.07, 6.45) is 0. The largest absolute Gasteiger partial charge is 0.494 e. The Kier molecular flexibility index (Phi) is 4.81. The van der Waals surface area contributed by atoms with Gasteiger partial charge in [-0.2, -0.15) is 0 Å².